The first-order chi connectivity index (χ1) is 9.42. The van der Waals surface area contributed by atoms with E-state index in [1.807, 2.05) is 18.5 Å². The molecule has 1 fully saturated rings. The molecular formula is C15H22N4O. The molecule has 0 unspecified atom stereocenters. The fourth-order valence-corrected chi connectivity index (χ4v) is 2.90. The van der Waals surface area contributed by atoms with Crippen molar-refractivity contribution < 1.29 is 4.74 Å². The number of ether oxygens (including phenoxy) is 1. The highest BCUT2D eigenvalue weighted by molar-refractivity contribution is 5.75. The maximum Gasteiger partial charge on any atom is 0.130 e. The van der Waals surface area contributed by atoms with Gasteiger partial charge in [-0.3, -0.25) is 4.98 Å². The Morgan fingerprint density at radius 3 is 2.65 bits per heavy atom. The predicted molar refractivity (Wildman–Crippen MR) is 78.4 cm³/mol. The Balaban J connectivity index is 2.24. The fourth-order valence-electron chi connectivity index (χ4n) is 2.90. The molecule has 5 nitrogen and oxygen atoms in total. The molecule has 5 heteroatoms. The van der Waals surface area contributed by atoms with Crippen LogP contribution in [-0.4, -0.2) is 27.7 Å². The molecule has 0 aliphatic carbocycles. The van der Waals surface area contributed by atoms with Gasteiger partial charge in [0.1, 0.15) is 11.3 Å². The summed E-state index contributed by atoms with van der Waals surface area (Å²) in [6.45, 7) is 7.94. The van der Waals surface area contributed by atoms with E-state index in [2.05, 4.69) is 30.3 Å². The summed E-state index contributed by atoms with van der Waals surface area (Å²) in [7, 11) is 0. The van der Waals surface area contributed by atoms with Crippen molar-refractivity contribution in [1.82, 2.24) is 14.5 Å². The van der Waals surface area contributed by atoms with Gasteiger partial charge in [0.15, 0.2) is 0 Å². The van der Waals surface area contributed by atoms with Crippen LogP contribution in [0.25, 0.3) is 11.0 Å². The molecule has 0 atom stereocenters. The maximum atomic E-state index is 6.66. The monoisotopic (exact) mass is 274 g/mol. The predicted octanol–water partition coefficient (Wildman–Crippen LogP) is 2.15. The second kappa shape index (κ2) is 4.53. The lowest BCUT2D eigenvalue weighted by molar-refractivity contribution is 0.0467. The van der Waals surface area contributed by atoms with Gasteiger partial charge in [-0.05, 0) is 39.7 Å². The normalized spacial score (nSPS) is 19.4. The molecule has 3 heterocycles. The Kier molecular flexibility index (Phi) is 3.06. The van der Waals surface area contributed by atoms with Crippen LogP contribution in [0.4, 0.5) is 0 Å². The number of rotatable bonds is 1. The van der Waals surface area contributed by atoms with Crippen LogP contribution < -0.4 is 5.73 Å². The Labute approximate surface area is 119 Å². The van der Waals surface area contributed by atoms with Crippen molar-refractivity contribution in [2.24, 2.45) is 5.73 Å². The van der Waals surface area contributed by atoms with Crippen LogP contribution in [0.5, 0.6) is 0 Å². The van der Waals surface area contributed by atoms with Gasteiger partial charge in [0.2, 0.25) is 0 Å². The van der Waals surface area contributed by atoms with E-state index in [1.165, 1.54) is 0 Å². The molecule has 0 saturated carbocycles. The minimum Gasteiger partial charge on any atom is -0.381 e. The molecule has 2 aromatic heterocycles. The van der Waals surface area contributed by atoms with Gasteiger partial charge in [-0.1, -0.05) is 0 Å². The molecule has 3 rings (SSSR count). The van der Waals surface area contributed by atoms with E-state index in [0.717, 1.165) is 29.7 Å². The summed E-state index contributed by atoms with van der Waals surface area (Å²) in [6.07, 6.45) is 5.23. The van der Waals surface area contributed by atoms with Crippen molar-refractivity contribution in [3.8, 4) is 0 Å². The third-order valence-corrected chi connectivity index (χ3v) is 3.96. The maximum absolute atomic E-state index is 6.66. The van der Waals surface area contributed by atoms with Crippen LogP contribution in [0.2, 0.25) is 0 Å². The molecule has 20 heavy (non-hydrogen) atoms. The number of pyridine rings is 1. The number of fused-ring (bicyclic) bond motifs is 1. The molecule has 108 valence electrons. The zero-order valence-corrected chi connectivity index (χ0v) is 12.4. The van der Waals surface area contributed by atoms with Gasteiger partial charge in [-0.2, -0.15) is 0 Å². The minimum atomic E-state index is -0.412. The number of hydrogen-bond acceptors (Lipinski definition) is 4. The number of nitrogens with two attached hydrogens (primary N) is 1. The number of aromatic nitrogens is 3. The zero-order chi connectivity index (χ0) is 14.4. The van der Waals surface area contributed by atoms with Crippen LogP contribution >= 0.6 is 0 Å². The van der Waals surface area contributed by atoms with Gasteiger partial charge in [-0.15, -0.1) is 0 Å². The summed E-state index contributed by atoms with van der Waals surface area (Å²) in [5.74, 6) is 0.955. The van der Waals surface area contributed by atoms with Crippen molar-refractivity contribution in [1.29, 1.82) is 0 Å². The average molecular weight is 274 g/mol. The first kappa shape index (κ1) is 13.5. The van der Waals surface area contributed by atoms with Crippen molar-refractivity contribution in [3.63, 3.8) is 0 Å². The van der Waals surface area contributed by atoms with E-state index in [-0.39, 0.29) is 5.54 Å². The SMILES string of the molecule is CC(C)(C)n1c(C2(N)CCOCC2)nc2cnccc21. The molecule has 0 bridgehead atoms. The van der Waals surface area contributed by atoms with Crippen LogP contribution in [0.15, 0.2) is 18.5 Å². The van der Waals surface area contributed by atoms with Crippen LogP contribution in [0.3, 0.4) is 0 Å². The highest BCUT2D eigenvalue weighted by Crippen LogP contribution is 2.34. The van der Waals surface area contributed by atoms with Crippen molar-refractivity contribution in [2.45, 2.75) is 44.7 Å². The average Bonchev–Trinajstić information content (AvgIpc) is 2.79. The molecule has 2 aromatic rings. The lowest BCUT2D eigenvalue weighted by Gasteiger charge is -2.36. The highest BCUT2D eigenvalue weighted by Gasteiger charge is 2.37. The van der Waals surface area contributed by atoms with Crippen molar-refractivity contribution in [3.05, 3.63) is 24.3 Å². The van der Waals surface area contributed by atoms with Gasteiger partial charge in [0, 0.05) is 24.9 Å². The largest absolute Gasteiger partial charge is 0.381 e. The van der Waals surface area contributed by atoms with Gasteiger partial charge in [-0.25, -0.2) is 4.98 Å². The number of nitrogens with zero attached hydrogens (tertiary/aromatic N) is 3. The summed E-state index contributed by atoms with van der Waals surface area (Å²) < 4.78 is 7.72. The van der Waals surface area contributed by atoms with E-state index >= 15 is 0 Å². The molecule has 1 saturated heterocycles. The Bertz CT molecular complexity index is 620. The van der Waals surface area contributed by atoms with Crippen molar-refractivity contribution in [2.75, 3.05) is 13.2 Å². The standard InChI is InChI=1S/C15H22N4O/c1-14(2,3)19-12-4-7-17-10-11(12)18-13(19)15(16)5-8-20-9-6-15/h4,7,10H,5-6,8-9,16H2,1-3H3. The quantitative estimate of drug-likeness (QED) is 0.865. The number of imidazole rings is 1. The highest BCUT2D eigenvalue weighted by atomic mass is 16.5. The van der Waals surface area contributed by atoms with Crippen LogP contribution in [0.1, 0.15) is 39.4 Å². The number of hydrogen-bond donors (Lipinski definition) is 1. The van der Waals surface area contributed by atoms with Gasteiger partial charge < -0.3 is 15.0 Å². The van der Waals surface area contributed by atoms with Crippen LogP contribution in [-0.2, 0) is 15.8 Å². The molecule has 0 radical (unpaired) electrons. The summed E-state index contributed by atoms with van der Waals surface area (Å²) in [5.41, 5.74) is 8.18. The summed E-state index contributed by atoms with van der Waals surface area (Å²) in [5, 5.41) is 0. The zero-order valence-electron chi connectivity index (χ0n) is 12.4. The summed E-state index contributed by atoms with van der Waals surface area (Å²) in [4.78, 5) is 8.97. The van der Waals surface area contributed by atoms with Crippen molar-refractivity contribution >= 4 is 11.0 Å². The molecule has 0 amide bonds. The second-order valence-corrected chi connectivity index (χ2v) is 6.57. The van der Waals surface area contributed by atoms with Gasteiger partial charge in [0.25, 0.3) is 0 Å². The van der Waals surface area contributed by atoms with E-state index in [4.69, 9.17) is 15.5 Å². The molecular weight excluding hydrogens is 252 g/mol. The van der Waals surface area contributed by atoms with Gasteiger partial charge >= 0.3 is 0 Å². The Morgan fingerprint density at radius 1 is 1.30 bits per heavy atom. The first-order valence-electron chi connectivity index (χ1n) is 7.12. The Morgan fingerprint density at radius 2 is 2.00 bits per heavy atom. The second-order valence-electron chi connectivity index (χ2n) is 6.57. The van der Waals surface area contributed by atoms with E-state index in [0.29, 0.717) is 13.2 Å². The molecule has 0 spiro atoms. The Hall–Kier alpha value is -1.46. The molecule has 2 N–H and O–H groups in total. The first-order valence-corrected chi connectivity index (χ1v) is 7.12. The fraction of sp³-hybridized carbons (Fsp3) is 0.600. The van der Waals surface area contributed by atoms with E-state index < -0.39 is 5.54 Å². The topological polar surface area (TPSA) is 66.0 Å². The minimum absolute atomic E-state index is 0.0733. The third-order valence-electron chi connectivity index (χ3n) is 3.96. The molecule has 1 aliphatic heterocycles. The smallest absolute Gasteiger partial charge is 0.130 e. The summed E-state index contributed by atoms with van der Waals surface area (Å²) >= 11 is 0. The van der Waals surface area contributed by atoms with Gasteiger partial charge in [0.05, 0.1) is 17.3 Å². The van der Waals surface area contributed by atoms with E-state index in [9.17, 15) is 0 Å². The summed E-state index contributed by atoms with van der Waals surface area (Å²) in [6, 6.07) is 2.01. The molecule has 0 aromatic carbocycles. The lowest BCUT2D eigenvalue weighted by Crippen LogP contribution is -2.46. The van der Waals surface area contributed by atoms with Crippen LogP contribution in [0, 0.1) is 0 Å². The van der Waals surface area contributed by atoms with E-state index in [1.54, 1.807) is 0 Å². The third kappa shape index (κ3) is 2.11. The lowest BCUT2D eigenvalue weighted by atomic mass is 9.89. The molecule has 1 aliphatic rings.